The van der Waals surface area contributed by atoms with Gasteiger partial charge in [-0.3, -0.25) is 14.3 Å². The molecule has 5 rings (SSSR count). The molecule has 2 amide bonds. The minimum atomic E-state index is -0.184. The van der Waals surface area contributed by atoms with Crippen molar-refractivity contribution in [3.63, 3.8) is 0 Å². The summed E-state index contributed by atoms with van der Waals surface area (Å²) < 4.78 is 10.3. The number of ether oxygens (including phenoxy) is 1. The number of likely N-dealkylation sites (N-methyl/N-ethyl adjacent to an activating group) is 1. The third-order valence-electron chi connectivity index (χ3n) is 6.83. The summed E-state index contributed by atoms with van der Waals surface area (Å²) in [5, 5.41) is 8.54. The zero-order chi connectivity index (χ0) is 20.9. The van der Waals surface area contributed by atoms with E-state index >= 15 is 0 Å². The van der Waals surface area contributed by atoms with E-state index in [2.05, 4.69) is 40.2 Å². The molecule has 2 aliphatic carbocycles. The number of urea groups is 1. The van der Waals surface area contributed by atoms with Gasteiger partial charge in [-0.2, -0.15) is 5.10 Å². The zero-order valence-electron chi connectivity index (χ0n) is 17.9. The molecule has 0 bridgehead atoms. The van der Waals surface area contributed by atoms with Crippen molar-refractivity contribution in [2.45, 2.75) is 49.1 Å². The highest BCUT2D eigenvalue weighted by Crippen LogP contribution is 2.39. The monoisotopic (exact) mass is 427 g/mol. The summed E-state index contributed by atoms with van der Waals surface area (Å²) in [6, 6.07) is 4.24. The van der Waals surface area contributed by atoms with Crippen molar-refractivity contribution in [1.82, 2.24) is 19.4 Å². The highest BCUT2D eigenvalue weighted by atomic mass is 32.2. The predicted octanol–water partition coefficient (Wildman–Crippen LogP) is 3.01. The fourth-order valence-corrected chi connectivity index (χ4v) is 5.64. The van der Waals surface area contributed by atoms with Crippen LogP contribution in [0.15, 0.2) is 17.2 Å². The molecule has 2 aromatic rings. The molecule has 160 valence electrons. The smallest absolute Gasteiger partial charge is 0.329 e. The van der Waals surface area contributed by atoms with E-state index in [0.29, 0.717) is 13.2 Å². The fourth-order valence-electron chi connectivity index (χ4n) is 5.06. The molecule has 0 spiro atoms. The van der Waals surface area contributed by atoms with Crippen molar-refractivity contribution in [1.29, 1.82) is 0 Å². The van der Waals surface area contributed by atoms with Crippen molar-refractivity contribution in [3.8, 4) is 0 Å². The number of carbonyl (C=O) groups is 1. The van der Waals surface area contributed by atoms with Gasteiger partial charge in [0, 0.05) is 24.7 Å². The average molecular weight is 428 g/mol. The Morgan fingerprint density at radius 2 is 1.80 bits per heavy atom. The molecule has 0 radical (unpaired) electrons. The minimum Gasteiger partial charge on any atom is -0.377 e. The second-order valence-electron chi connectivity index (χ2n) is 8.80. The Hall–Kier alpha value is -2.03. The van der Waals surface area contributed by atoms with Crippen LogP contribution in [-0.4, -0.2) is 48.0 Å². The first-order valence-corrected chi connectivity index (χ1v) is 11.5. The topological polar surface area (TPSA) is 71.4 Å². The van der Waals surface area contributed by atoms with E-state index in [1.807, 2.05) is 17.8 Å². The highest BCUT2D eigenvalue weighted by Gasteiger charge is 2.45. The van der Waals surface area contributed by atoms with Crippen molar-refractivity contribution in [2.75, 3.05) is 32.6 Å². The Labute approximate surface area is 181 Å². The molecular weight excluding hydrogens is 398 g/mol. The van der Waals surface area contributed by atoms with Gasteiger partial charge >= 0.3 is 6.03 Å². The van der Waals surface area contributed by atoms with Crippen LogP contribution >= 0.6 is 11.9 Å². The summed E-state index contributed by atoms with van der Waals surface area (Å²) in [6.07, 6.45) is 6.73. The molecule has 1 aromatic carbocycles. The van der Waals surface area contributed by atoms with Gasteiger partial charge in [-0.25, -0.2) is 4.79 Å². The molecule has 1 fully saturated rings. The second kappa shape index (κ2) is 7.59. The molecule has 1 aliphatic heterocycles. The number of amides is 2. The van der Waals surface area contributed by atoms with Crippen LogP contribution in [0.25, 0.3) is 0 Å². The fraction of sp³-hybridized carbons (Fsp3) is 0.545. The third kappa shape index (κ3) is 3.21. The van der Waals surface area contributed by atoms with E-state index in [-0.39, 0.29) is 11.6 Å². The normalized spacial score (nSPS) is 18.8. The van der Waals surface area contributed by atoms with Crippen LogP contribution in [0.4, 0.5) is 10.5 Å². The molecule has 30 heavy (non-hydrogen) atoms. The van der Waals surface area contributed by atoms with Gasteiger partial charge in [-0.05, 0) is 80.9 Å². The van der Waals surface area contributed by atoms with Crippen LogP contribution in [0.3, 0.4) is 0 Å². The Morgan fingerprint density at radius 3 is 2.37 bits per heavy atom. The molecule has 7 nitrogen and oxygen atoms in total. The summed E-state index contributed by atoms with van der Waals surface area (Å²) in [4.78, 5) is 14.9. The molecular formula is C22H29N5O2S. The van der Waals surface area contributed by atoms with E-state index < -0.39 is 0 Å². The number of anilines is 1. The SMILES string of the molecule is CN(C)C1(c2cc(SNC(=O)Nc3c4c(cc5c3CCC5)CCC4)nn2C)COC1. The lowest BCUT2D eigenvalue weighted by atomic mass is 9.91. The number of rotatable bonds is 5. The Morgan fingerprint density at radius 1 is 1.13 bits per heavy atom. The summed E-state index contributed by atoms with van der Waals surface area (Å²) in [6.45, 7) is 1.31. The van der Waals surface area contributed by atoms with Crippen molar-refractivity contribution in [3.05, 3.63) is 40.1 Å². The van der Waals surface area contributed by atoms with Crippen LogP contribution in [0.2, 0.25) is 0 Å². The summed E-state index contributed by atoms with van der Waals surface area (Å²) >= 11 is 1.26. The summed E-state index contributed by atoms with van der Waals surface area (Å²) in [5.41, 5.74) is 7.54. The van der Waals surface area contributed by atoms with Crippen LogP contribution < -0.4 is 10.0 Å². The number of nitrogens with zero attached hydrogens (tertiary/aromatic N) is 3. The Bertz CT molecular complexity index is 964. The third-order valence-corrected chi connectivity index (χ3v) is 7.53. The first kappa shape index (κ1) is 19.9. The Balaban J connectivity index is 1.29. The minimum absolute atomic E-state index is 0.145. The molecule has 0 saturated carbocycles. The quantitative estimate of drug-likeness (QED) is 0.718. The van der Waals surface area contributed by atoms with E-state index in [4.69, 9.17) is 4.74 Å². The van der Waals surface area contributed by atoms with Gasteiger partial charge in [0.25, 0.3) is 0 Å². The number of aryl methyl sites for hydroxylation is 3. The molecule has 1 aromatic heterocycles. The van der Waals surface area contributed by atoms with E-state index in [1.165, 1.54) is 47.0 Å². The second-order valence-corrected chi connectivity index (χ2v) is 9.63. The van der Waals surface area contributed by atoms with Gasteiger partial charge in [0.15, 0.2) is 0 Å². The van der Waals surface area contributed by atoms with E-state index in [1.54, 1.807) is 0 Å². The Kier molecular flexibility index (Phi) is 5.03. The van der Waals surface area contributed by atoms with Crippen molar-refractivity contribution < 1.29 is 9.53 Å². The lowest BCUT2D eigenvalue weighted by Crippen LogP contribution is -2.57. The first-order chi connectivity index (χ1) is 14.5. The van der Waals surface area contributed by atoms with E-state index in [0.717, 1.165) is 42.1 Å². The molecule has 3 aliphatic rings. The summed E-state index contributed by atoms with van der Waals surface area (Å²) in [7, 11) is 6.06. The lowest BCUT2D eigenvalue weighted by Gasteiger charge is -2.46. The van der Waals surface area contributed by atoms with Crippen LogP contribution in [-0.2, 0) is 43.0 Å². The van der Waals surface area contributed by atoms with Gasteiger partial charge in [0.2, 0.25) is 0 Å². The standard InChI is InChI=1S/C22H29N5O2S/c1-26(2)22(12-29-13-22)18-11-19(24-27(18)3)30-25-21(28)23-20-16-8-4-6-14(16)10-15-7-5-9-17(15)20/h10-11H,4-9,12-13H2,1-3H3,(H2,23,25,28). The van der Waals surface area contributed by atoms with Gasteiger partial charge < -0.3 is 10.1 Å². The number of nitrogens with one attached hydrogen (secondary N) is 2. The molecule has 8 heteroatoms. The largest absolute Gasteiger partial charge is 0.377 e. The maximum absolute atomic E-state index is 12.7. The van der Waals surface area contributed by atoms with Crippen LogP contribution in [0.1, 0.15) is 40.8 Å². The number of fused-ring (bicyclic) bond motifs is 2. The van der Waals surface area contributed by atoms with Gasteiger partial charge in [0.1, 0.15) is 10.6 Å². The average Bonchev–Trinajstić information content (AvgIpc) is 3.39. The van der Waals surface area contributed by atoms with Crippen molar-refractivity contribution >= 4 is 23.7 Å². The molecule has 0 atom stereocenters. The van der Waals surface area contributed by atoms with Crippen molar-refractivity contribution in [2.24, 2.45) is 7.05 Å². The predicted molar refractivity (Wildman–Crippen MR) is 118 cm³/mol. The molecule has 0 unspecified atom stereocenters. The number of hydrogen-bond acceptors (Lipinski definition) is 5. The lowest BCUT2D eigenvalue weighted by molar-refractivity contribution is -0.134. The molecule has 2 heterocycles. The zero-order valence-corrected chi connectivity index (χ0v) is 18.7. The van der Waals surface area contributed by atoms with E-state index in [9.17, 15) is 4.79 Å². The van der Waals surface area contributed by atoms with Gasteiger partial charge in [0.05, 0.1) is 18.9 Å². The van der Waals surface area contributed by atoms with Gasteiger partial charge in [-0.1, -0.05) is 6.07 Å². The number of hydrogen-bond donors (Lipinski definition) is 2. The number of aromatic nitrogens is 2. The van der Waals surface area contributed by atoms with Gasteiger partial charge in [-0.15, -0.1) is 0 Å². The molecule has 1 saturated heterocycles. The van der Waals surface area contributed by atoms with Crippen LogP contribution in [0, 0.1) is 0 Å². The maximum Gasteiger partial charge on any atom is 0.329 e. The highest BCUT2D eigenvalue weighted by molar-refractivity contribution is 7.97. The first-order valence-electron chi connectivity index (χ1n) is 10.7. The number of carbonyl (C=O) groups excluding carboxylic acids is 1. The number of benzene rings is 1. The maximum atomic E-state index is 12.7. The van der Waals surface area contributed by atoms with Crippen LogP contribution in [0.5, 0.6) is 0 Å². The molecule has 2 N–H and O–H groups in total. The summed E-state index contributed by atoms with van der Waals surface area (Å²) in [5.74, 6) is 0.